The second-order valence-electron chi connectivity index (χ2n) is 7.66. The minimum Gasteiger partial charge on any atom is -0.623 e. The Kier molecular flexibility index (Phi) is 5.07. The fraction of sp³-hybridized carbons (Fsp3) is 0.160. The first-order valence-corrected chi connectivity index (χ1v) is 10.4. The van der Waals surface area contributed by atoms with Crippen LogP contribution in [-0.4, -0.2) is 42.1 Å². The minimum absolute atomic E-state index is 0.156. The number of ether oxygens (including phenoxy) is 1. The maximum Gasteiger partial charge on any atom is 0.414 e. The second kappa shape index (κ2) is 8.19. The van der Waals surface area contributed by atoms with Crippen molar-refractivity contribution in [3.63, 3.8) is 0 Å². The van der Waals surface area contributed by atoms with Gasteiger partial charge in [0.1, 0.15) is 6.61 Å². The van der Waals surface area contributed by atoms with E-state index in [0.29, 0.717) is 34.8 Å². The van der Waals surface area contributed by atoms with Gasteiger partial charge in [0.25, 0.3) is 5.91 Å². The van der Waals surface area contributed by atoms with E-state index < -0.39 is 6.09 Å². The fourth-order valence-corrected chi connectivity index (χ4v) is 4.21. The highest BCUT2D eigenvalue weighted by atomic mass is 16.6. The number of para-hydroxylation sites is 1. The minimum atomic E-state index is -0.487. The van der Waals surface area contributed by atoms with Crippen LogP contribution in [0.2, 0.25) is 0 Å². The molecule has 3 aromatic carbocycles. The van der Waals surface area contributed by atoms with Gasteiger partial charge in [-0.3, -0.25) is 9.69 Å². The van der Waals surface area contributed by atoms with Crippen LogP contribution in [0.1, 0.15) is 16.7 Å². The molecule has 0 aromatic heterocycles. The lowest BCUT2D eigenvalue weighted by Crippen LogP contribution is -2.47. The quantitative estimate of drug-likeness (QED) is 0.473. The number of benzene rings is 3. The first kappa shape index (κ1) is 19.8. The molecule has 0 bridgehead atoms. The molecule has 7 heteroatoms. The van der Waals surface area contributed by atoms with E-state index in [0.717, 1.165) is 10.3 Å². The molecule has 0 saturated heterocycles. The molecule has 2 aliphatic rings. The first-order valence-electron chi connectivity index (χ1n) is 10.4. The number of nitrogens with zero attached hydrogens (tertiary/aromatic N) is 3. The molecule has 2 aliphatic heterocycles. The van der Waals surface area contributed by atoms with Gasteiger partial charge in [-0.05, 0) is 29.8 Å². The van der Waals surface area contributed by atoms with Crippen LogP contribution in [0.5, 0.6) is 0 Å². The number of carbonyl (C=O) groups is 2. The van der Waals surface area contributed by atoms with Crippen molar-refractivity contribution in [2.24, 2.45) is 0 Å². The molecule has 0 radical (unpaired) electrons. The second-order valence-corrected chi connectivity index (χ2v) is 7.66. The van der Waals surface area contributed by atoms with E-state index in [2.05, 4.69) is 0 Å². The number of hydrogen-bond acceptors (Lipinski definition) is 4. The van der Waals surface area contributed by atoms with Crippen molar-refractivity contribution in [1.29, 1.82) is 0 Å². The van der Waals surface area contributed by atoms with Crippen LogP contribution in [0, 0.1) is 5.21 Å². The van der Waals surface area contributed by atoms with Gasteiger partial charge in [0.15, 0.2) is 0 Å². The Bertz CT molecular complexity index is 1210. The van der Waals surface area contributed by atoms with Gasteiger partial charge in [-0.1, -0.05) is 54.6 Å². The summed E-state index contributed by atoms with van der Waals surface area (Å²) < 4.78 is 6.29. The Morgan fingerprint density at radius 3 is 2.41 bits per heavy atom. The standard InChI is InChI=1S/C25H21N3O4/c29-22-16-28(31)23(19-10-5-2-6-11-19)20-12-7-13-21-24(20)27(22)15-14-26(21)25(30)32-17-18-8-3-1-4-9-18/h1-13H,14-17H2. The molecule has 0 spiro atoms. The zero-order valence-electron chi connectivity index (χ0n) is 17.3. The van der Waals surface area contributed by atoms with Crippen LogP contribution in [0.3, 0.4) is 0 Å². The van der Waals surface area contributed by atoms with E-state index in [9.17, 15) is 14.8 Å². The molecular formula is C25H21N3O4. The van der Waals surface area contributed by atoms with Crippen LogP contribution in [-0.2, 0) is 16.1 Å². The summed E-state index contributed by atoms with van der Waals surface area (Å²) in [5.74, 6) is -0.295. The fourth-order valence-electron chi connectivity index (χ4n) is 4.21. The SMILES string of the molecule is O=C(OCc1ccccc1)N1CCN2C(=O)C[N+]([O-])=C(c3ccccc3)c3cccc1c32. The third kappa shape index (κ3) is 3.47. The monoisotopic (exact) mass is 427 g/mol. The highest BCUT2D eigenvalue weighted by Gasteiger charge is 2.38. The molecule has 32 heavy (non-hydrogen) atoms. The summed E-state index contributed by atoms with van der Waals surface area (Å²) in [5.41, 5.74) is 3.77. The molecule has 2 amide bonds. The number of amides is 2. The lowest BCUT2D eigenvalue weighted by molar-refractivity contribution is -0.443. The van der Waals surface area contributed by atoms with Crippen molar-refractivity contribution in [2.45, 2.75) is 6.61 Å². The maximum absolute atomic E-state index is 13.0. The lowest BCUT2D eigenvalue weighted by Gasteiger charge is -2.35. The molecule has 2 heterocycles. The molecule has 7 nitrogen and oxygen atoms in total. The van der Waals surface area contributed by atoms with Gasteiger partial charge in [-0.2, -0.15) is 4.74 Å². The van der Waals surface area contributed by atoms with E-state index >= 15 is 0 Å². The molecule has 0 fully saturated rings. The van der Waals surface area contributed by atoms with E-state index in [1.54, 1.807) is 17.0 Å². The molecule has 0 unspecified atom stereocenters. The number of hydrogen-bond donors (Lipinski definition) is 0. The van der Waals surface area contributed by atoms with Crippen molar-refractivity contribution in [3.8, 4) is 0 Å². The van der Waals surface area contributed by atoms with Crippen molar-refractivity contribution < 1.29 is 19.1 Å². The molecule has 0 aliphatic carbocycles. The van der Waals surface area contributed by atoms with Crippen LogP contribution in [0.15, 0.2) is 78.9 Å². The van der Waals surface area contributed by atoms with Gasteiger partial charge >= 0.3 is 6.09 Å². The summed E-state index contributed by atoms with van der Waals surface area (Å²) >= 11 is 0. The third-order valence-electron chi connectivity index (χ3n) is 5.68. The van der Waals surface area contributed by atoms with Crippen LogP contribution in [0.4, 0.5) is 16.2 Å². The smallest absolute Gasteiger partial charge is 0.414 e. The molecule has 0 atom stereocenters. The summed E-state index contributed by atoms with van der Waals surface area (Å²) in [6.07, 6.45) is -0.487. The van der Waals surface area contributed by atoms with E-state index in [1.807, 2.05) is 66.7 Å². The Labute approximate surface area is 185 Å². The average molecular weight is 427 g/mol. The first-order chi connectivity index (χ1) is 15.6. The largest absolute Gasteiger partial charge is 0.623 e. The summed E-state index contributed by atoms with van der Waals surface area (Å²) in [7, 11) is 0. The van der Waals surface area contributed by atoms with Gasteiger partial charge in [0, 0.05) is 18.7 Å². The maximum atomic E-state index is 13.0. The molecule has 0 saturated carbocycles. The van der Waals surface area contributed by atoms with E-state index in [-0.39, 0.29) is 25.6 Å². The number of hydroxylamine groups is 1. The topological polar surface area (TPSA) is 75.9 Å². The Morgan fingerprint density at radius 2 is 1.66 bits per heavy atom. The Balaban J connectivity index is 1.55. The number of rotatable bonds is 3. The van der Waals surface area contributed by atoms with Crippen molar-refractivity contribution in [2.75, 3.05) is 29.4 Å². The average Bonchev–Trinajstić information content (AvgIpc) is 2.93. The normalized spacial score (nSPS) is 15.3. The molecular weight excluding hydrogens is 406 g/mol. The van der Waals surface area contributed by atoms with Crippen LogP contribution >= 0.6 is 0 Å². The number of anilines is 2. The molecule has 5 rings (SSSR count). The van der Waals surface area contributed by atoms with Gasteiger partial charge in [0.05, 0.1) is 16.9 Å². The Hall–Kier alpha value is -4.13. The summed E-state index contributed by atoms with van der Waals surface area (Å²) in [6.45, 7) is 0.453. The van der Waals surface area contributed by atoms with Crippen molar-refractivity contribution in [1.82, 2.24) is 0 Å². The highest BCUT2D eigenvalue weighted by Crippen LogP contribution is 2.39. The third-order valence-corrected chi connectivity index (χ3v) is 5.68. The summed E-state index contributed by atoms with van der Waals surface area (Å²) in [4.78, 5) is 29.0. The van der Waals surface area contributed by atoms with Crippen molar-refractivity contribution in [3.05, 3.63) is 101 Å². The zero-order chi connectivity index (χ0) is 22.1. The number of carbonyl (C=O) groups excluding carboxylic acids is 2. The predicted octanol–water partition coefficient (Wildman–Crippen LogP) is 3.54. The summed E-state index contributed by atoms with van der Waals surface area (Å²) in [6, 6.07) is 24.1. The van der Waals surface area contributed by atoms with Crippen molar-refractivity contribution >= 4 is 29.1 Å². The van der Waals surface area contributed by atoms with Gasteiger partial charge in [-0.15, -0.1) is 0 Å². The molecule has 160 valence electrons. The van der Waals surface area contributed by atoms with E-state index in [1.165, 1.54) is 4.90 Å². The molecule has 3 aromatic rings. The van der Waals surface area contributed by atoms with Gasteiger partial charge in [0.2, 0.25) is 12.3 Å². The van der Waals surface area contributed by atoms with Gasteiger partial charge in [-0.25, -0.2) is 4.79 Å². The van der Waals surface area contributed by atoms with Crippen LogP contribution < -0.4 is 9.80 Å². The zero-order valence-corrected chi connectivity index (χ0v) is 17.3. The predicted molar refractivity (Wildman–Crippen MR) is 121 cm³/mol. The summed E-state index contributed by atoms with van der Waals surface area (Å²) in [5, 5.41) is 13.0. The Morgan fingerprint density at radius 1 is 0.938 bits per heavy atom. The van der Waals surface area contributed by atoms with Crippen LogP contribution in [0.25, 0.3) is 0 Å². The lowest BCUT2D eigenvalue weighted by atomic mass is 9.98. The van der Waals surface area contributed by atoms with Gasteiger partial charge < -0.3 is 14.8 Å². The van der Waals surface area contributed by atoms with E-state index in [4.69, 9.17) is 4.74 Å². The molecule has 0 N–H and O–H groups in total. The highest BCUT2D eigenvalue weighted by molar-refractivity contribution is 6.19.